The molecule has 2 aromatic rings. The number of carbonyl (C=O) groups excluding carboxylic acids is 1. The molecule has 0 saturated heterocycles. The van der Waals surface area contributed by atoms with Gasteiger partial charge in [-0.2, -0.15) is 0 Å². The highest BCUT2D eigenvalue weighted by Gasteiger charge is 2.10. The van der Waals surface area contributed by atoms with Gasteiger partial charge in [-0.25, -0.2) is 4.98 Å². The number of methoxy groups -OCH3 is 2. The molecular weight excluding hydrogens is 306 g/mol. The molecule has 1 amide bonds. The number of nitrogens with one attached hydrogen (secondary N) is 2. The number of hydrogen-bond acceptors (Lipinski definition) is 5. The highest BCUT2D eigenvalue weighted by molar-refractivity contribution is 5.95. The molecule has 0 atom stereocenters. The molecule has 2 N–H and O–H groups in total. The Morgan fingerprint density at radius 1 is 1.17 bits per heavy atom. The van der Waals surface area contributed by atoms with Crippen LogP contribution in [0.2, 0.25) is 0 Å². The lowest BCUT2D eigenvalue weighted by molar-refractivity contribution is 0.0949. The monoisotopic (exact) mass is 329 g/mol. The average Bonchev–Trinajstić information content (AvgIpc) is 2.59. The number of ether oxygens (including phenoxy) is 2. The first-order valence-corrected chi connectivity index (χ1v) is 7.76. The predicted molar refractivity (Wildman–Crippen MR) is 94.2 cm³/mol. The third kappa shape index (κ3) is 4.62. The first kappa shape index (κ1) is 17.6. The maximum atomic E-state index is 12.2. The molecule has 6 nitrogen and oxygen atoms in total. The Bertz CT molecular complexity index is 702. The van der Waals surface area contributed by atoms with Crippen LogP contribution in [0.4, 0.5) is 11.5 Å². The molecule has 0 aliphatic heterocycles. The largest absolute Gasteiger partial charge is 0.497 e. The van der Waals surface area contributed by atoms with Crippen LogP contribution in [0.15, 0.2) is 36.5 Å². The SMILES string of the molecule is COc1ccc(OC)c(Nc2cc(C(=O)NCC(C)C)ccn2)c1. The summed E-state index contributed by atoms with van der Waals surface area (Å²) in [5.41, 5.74) is 1.26. The smallest absolute Gasteiger partial charge is 0.251 e. The van der Waals surface area contributed by atoms with Crippen molar-refractivity contribution in [3.8, 4) is 11.5 Å². The molecule has 0 aliphatic carbocycles. The van der Waals surface area contributed by atoms with Crippen LogP contribution in [0.5, 0.6) is 11.5 Å². The van der Waals surface area contributed by atoms with E-state index >= 15 is 0 Å². The van der Waals surface area contributed by atoms with E-state index in [1.54, 1.807) is 38.6 Å². The summed E-state index contributed by atoms with van der Waals surface area (Å²) in [7, 11) is 3.19. The van der Waals surface area contributed by atoms with Crippen molar-refractivity contribution in [1.82, 2.24) is 10.3 Å². The minimum absolute atomic E-state index is 0.119. The van der Waals surface area contributed by atoms with Crippen molar-refractivity contribution < 1.29 is 14.3 Å². The lowest BCUT2D eigenvalue weighted by Crippen LogP contribution is -2.27. The van der Waals surface area contributed by atoms with E-state index in [1.807, 2.05) is 12.1 Å². The van der Waals surface area contributed by atoms with Crippen molar-refractivity contribution in [1.29, 1.82) is 0 Å². The van der Waals surface area contributed by atoms with Crippen molar-refractivity contribution in [2.75, 3.05) is 26.1 Å². The Morgan fingerprint density at radius 2 is 1.96 bits per heavy atom. The third-order valence-electron chi connectivity index (χ3n) is 3.36. The molecule has 24 heavy (non-hydrogen) atoms. The second-order valence-corrected chi connectivity index (χ2v) is 5.72. The standard InChI is InChI=1S/C18H23N3O3/c1-12(2)11-20-18(22)13-7-8-19-17(9-13)21-15-10-14(23-3)5-6-16(15)24-4/h5-10,12H,11H2,1-4H3,(H,19,21)(H,20,22). The molecule has 1 aromatic heterocycles. The topological polar surface area (TPSA) is 72.5 Å². The number of rotatable bonds is 7. The van der Waals surface area contributed by atoms with Crippen molar-refractivity contribution >= 4 is 17.4 Å². The number of anilines is 2. The van der Waals surface area contributed by atoms with E-state index < -0.39 is 0 Å². The first-order valence-electron chi connectivity index (χ1n) is 7.76. The lowest BCUT2D eigenvalue weighted by atomic mass is 10.2. The zero-order chi connectivity index (χ0) is 17.5. The fourth-order valence-electron chi connectivity index (χ4n) is 2.09. The summed E-state index contributed by atoms with van der Waals surface area (Å²) >= 11 is 0. The molecular formula is C18H23N3O3. The van der Waals surface area contributed by atoms with Crippen LogP contribution in [0, 0.1) is 5.92 Å². The number of benzene rings is 1. The molecule has 1 aromatic carbocycles. The van der Waals surface area contributed by atoms with E-state index in [4.69, 9.17) is 9.47 Å². The number of hydrogen-bond donors (Lipinski definition) is 2. The minimum Gasteiger partial charge on any atom is -0.497 e. The van der Waals surface area contributed by atoms with Crippen LogP contribution in [0.25, 0.3) is 0 Å². The summed E-state index contributed by atoms with van der Waals surface area (Å²) < 4.78 is 10.6. The van der Waals surface area contributed by atoms with Crippen LogP contribution >= 0.6 is 0 Å². The molecule has 0 bridgehead atoms. The third-order valence-corrected chi connectivity index (χ3v) is 3.36. The number of nitrogens with zero attached hydrogens (tertiary/aromatic N) is 1. The number of carbonyl (C=O) groups is 1. The van der Waals surface area contributed by atoms with Gasteiger partial charge in [-0.1, -0.05) is 13.8 Å². The Balaban J connectivity index is 2.19. The van der Waals surface area contributed by atoms with Crippen molar-refractivity contribution in [2.45, 2.75) is 13.8 Å². The molecule has 0 spiro atoms. The zero-order valence-electron chi connectivity index (χ0n) is 14.4. The molecule has 0 unspecified atom stereocenters. The van der Waals surface area contributed by atoms with Crippen LogP contribution in [0.1, 0.15) is 24.2 Å². The van der Waals surface area contributed by atoms with Gasteiger partial charge in [-0.05, 0) is 30.2 Å². The van der Waals surface area contributed by atoms with Crippen LogP contribution in [-0.4, -0.2) is 31.7 Å². The quantitative estimate of drug-likeness (QED) is 0.816. The van der Waals surface area contributed by atoms with E-state index in [1.165, 1.54) is 0 Å². The summed E-state index contributed by atoms with van der Waals surface area (Å²) in [4.78, 5) is 16.4. The molecule has 0 fully saturated rings. The van der Waals surface area contributed by atoms with E-state index in [9.17, 15) is 4.79 Å². The Hall–Kier alpha value is -2.76. The molecule has 2 rings (SSSR count). The van der Waals surface area contributed by atoms with Gasteiger partial charge in [0.15, 0.2) is 0 Å². The van der Waals surface area contributed by atoms with Crippen LogP contribution < -0.4 is 20.1 Å². The Labute approximate surface area is 142 Å². The normalized spacial score (nSPS) is 10.4. The van der Waals surface area contributed by atoms with E-state index in [0.717, 1.165) is 0 Å². The van der Waals surface area contributed by atoms with Crippen LogP contribution in [-0.2, 0) is 0 Å². The van der Waals surface area contributed by atoms with Gasteiger partial charge in [-0.3, -0.25) is 4.79 Å². The zero-order valence-corrected chi connectivity index (χ0v) is 14.4. The first-order chi connectivity index (χ1) is 11.5. The second-order valence-electron chi connectivity index (χ2n) is 5.72. The molecule has 0 saturated carbocycles. The van der Waals surface area contributed by atoms with Crippen molar-refractivity contribution in [3.05, 3.63) is 42.1 Å². The number of aromatic nitrogens is 1. The molecule has 6 heteroatoms. The number of amides is 1. The Kier molecular flexibility index (Phi) is 6.01. The lowest BCUT2D eigenvalue weighted by Gasteiger charge is -2.13. The maximum Gasteiger partial charge on any atom is 0.251 e. The molecule has 0 radical (unpaired) electrons. The number of pyridine rings is 1. The summed E-state index contributed by atoms with van der Waals surface area (Å²) in [5, 5.41) is 6.05. The summed E-state index contributed by atoms with van der Waals surface area (Å²) in [6, 6.07) is 8.82. The van der Waals surface area contributed by atoms with Gasteiger partial charge >= 0.3 is 0 Å². The fourth-order valence-corrected chi connectivity index (χ4v) is 2.09. The predicted octanol–water partition coefficient (Wildman–Crippen LogP) is 3.23. The van der Waals surface area contributed by atoms with Gasteiger partial charge in [-0.15, -0.1) is 0 Å². The molecule has 0 aliphatic rings. The summed E-state index contributed by atoms with van der Waals surface area (Å²) in [6.45, 7) is 4.73. The highest BCUT2D eigenvalue weighted by Crippen LogP contribution is 2.31. The van der Waals surface area contributed by atoms with Crippen molar-refractivity contribution in [2.24, 2.45) is 5.92 Å². The minimum atomic E-state index is -0.119. The van der Waals surface area contributed by atoms with E-state index in [2.05, 4.69) is 29.5 Å². The van der Waals surface area contributed by atoms with E-state index in [0.29, 0.717) is 41.0 Å². The highest BCUT2D eigenvalue weighted by atomic mass is 16.5. The van der Waals surface area contributed by atoms with Crippen LogP contribution in [0.3, 0.4) is 0 Å². The molecule has 128 valence electrons. The van der Waals surface area contributed by atoms with Crippen molar-refractivity contribution in [3.63, 3.8) is 0 Å². The summed E-state index contributed by atoms with van der Waals surface area (Å²) in [6.07, 6.45) is 1.60. The van der Waals surface area contributed by atoms with E-state index in [-0.39, 0.29) is 5.91 Å². The fraction of sp³-hybridized carbons (Fsp3) is 0.333. The van der Waals surface area contributed by atoms with Gasteiger partial charge < -0.3 is 20.1 Å². The van der Waals surface area contributed by atoms with Gasteiger partial charge in [0, 0.05) is 24.4 Å². The van der Waals surface area contributed by atoms with Gasteiger partial charge in [0.05, 0.1) is 19.9 Å². The second kappa shape index (κ2) is 8.19. The average molecular weight is 329 g/mol. The molecule has 1 heterocycles. The van der Waals surface area contributed by atoms with Gasteiger partial charge in [0.2, 0.25) is 0 Å². The maximum absolute atomic E-state index is 12.2. The summed E-state index contributed by atoms with van der Waals surface area (Å²) in [5.74, 6) is 2.19. The van der Waals surface area contributed by atoms with Gasteiger partial charge in [0.1, 0.15) is 17.3 Å². The van der Waals surface area contributed by atoms with Gasteiger partial charge in [0.25, 0.3) is 5.91 Å². The Morgan fingerprint density at radius 3 is 2.62 bits per heavy atom.